The average Bonchev–Trinajstić information content (AvgIpc) is 2.37. The maximum atomic E-state index is 11.7. The number of rotatable bonds is 7. The lowest BCUT2D eigenvalue weighted by Gasteiger charge is -2.11. The molecule has 0 saturated carbocycles. The van der Waals surface area contributed by atoms with E-state index in [1.807, 2.05) is 19.0 Å². The van der Waals surface area contributed by atoms with Crippen LogP contribution in [0.15, 0.2) is 18.3 Å². The highest BCUT2D eigenvalue weighted by molar-refractivity contribution is 5.94. The van der Waals surface area contributed by atoms with Gasteiger partial charge in [-0.15, -0.1) is 0 Å². The number of aliphatic carboxylic acids is 1. The van der Waals surface area contributed by atoms with E-state index in [0.717, 1.165) is 5.82 Å². The van der Waals surface area contributed by atoms with Crippen molar-refractivity contribution < 1.29 is 14.7 Å². The number of unbranched alkanes of at least 4 members (excludes halogenated alkanes) is 1. The third-order valence-corrected chi connectivity index (χ3v) is 2.57. The molecule has 1 heterocycles. The van der Waals surface area contributed by atoms with Gasteiger partial charge in [0.25, 0.3) is 5.91 Å². The molecule has 1 amide bonds. The number of pyridine rings is 1. The van der Waals surface area contributed by atoms with Gasteiger partial charge in [-0.25, -0.2) is 4.98 Å². The van der Waals surface area contributed by atoms with E-state index < -0.39 is 5.97 Å². The molecule has 0 bridgehead atoms. The van der Waals surface area contributed by atoms with Crippen LogP contribution in [0.4, 0.5) is 5.82 Å². The van der Waals surface area contributed by atoms with E-state index in [4.69, 9.17) is 5.11 Å². The summed E-state index contributed by atoms with van der Waals surface area (Å²) in [6, 6.07) is 3.49. The number of nitrogens with zero attached hydrogens (tertiary/aromatic N) is 2. The lowest BCUT2D eigenvalue weighted by Crippen LogP contribution is -2.24. The molecule has 19 heavy (non-hydrogen) atoms. The number of amides is 1. The number of nitrogens with one attached hydrogen (secondary N) is 1. The lowest BCUT2D eigenvalue weighted by atomic mass is 10.2. The molecule has 0 aliphatic rings. The zero-order valence-electron chi connectivity index (χ0n) is 11.2. The fraction of sp³-hybridized carbons (Fsp3) is 0.462. The van der Waals surface area contributed by atoms with Crippen LogP contribution in [-0.2, 0) is 4.79 Å². The molecule has 0 aliphatic carbocycles. The van der Waals surface area contributed by atoms with Crippen LogP contribution in [0, 0.1) is 0 Å². The number of hydrogen-bond donors (Lipinski definition) is 2. The van der Waals surface area contributed by atoms with Crippen molar-refractivity contribution in [1.82, 2.24) is 10.3 Å². The molecule has 0 aromatic carbocycles. The summed E-state index contributed by atoms with van der Waals surface area (Å²) in [7, 11) is 3.76. The molecule has 104 valence electrons. The highest BCUT2D eigenvalue weighted by atomic mass is 16.4. The van der Waals surface area contributed by atoms with Crippen molar-refractivity contribution in [2.75, 3.05) is 25.5 Å². The van der Waals surface area contributed by atoms with Gasteiger partial charge in [0.1, 0.15) is 5.82 Å². The molecular weight excluding hydrogens is 246 g/mol. The highest BCUT2D eigenvalue weighted by Gasteiger charge is 2.06. The molecule has 1 rings (SSSR count). The number of carbonyl (C=O) groups excluding carboxylic acids is 1. The smallest absolute Gasteiger partial charge is 0.303 e. The Morgan fingerprint density at radius 1 is 1.32 bits per heavy atom. The Morgan fingerprint density at radius 3 is 2.58 bits per heavy atom. The first kappa shape index (κ1) is 14.9. The summed E-state index contributed by atoms with van der Waals surface area (Å²) in [6.07, 6.45) is 2.88. The molecule has 6 nitrogen and oxygen atoms in total. The molecule has 0 radical (unpaired) electrons. The Bertz CT molecular complexity index is 429. The lowest BCUT2D eigenvalue weighted by molar-refractivity contribution is -0.137. The van der Waals surface area contributed by atoms with Gasteiger partial charge in [0, 0.05) is 33.3 Å². The summed E-state index contributed by atoms with van der Waals surface area (Å²) in [6.45, 7) is 0.474. The molecule has 2 N–H and O–H groups in total. The Kier molecular flexibility index (Phi) is 5.78. The first-order valence-electron chi connectivity index (χ1n) is 6.14. The fourth-order valence-corrected chi connectivity index (χ4v) is 1.49. The Hall–Kier alpha value is -2.11. The zero-order chi connectivity index (χ0) is 14.3. The molecule has 0 spiro atoms. The van der Waals surface area contributed by atoms with E-state index in [-0.39, 0.29) is 12.3 Å². The number of hydrogen-bond acceptors (Lipinski definition) is 4. The van der Waals surface area contributed by atoms with E-state index in [2.05, 4.69) is 10.3 Å². The van der Waals surface area contributed by atoms with Crippen LogP contribution in [0.3, 0.4) is 0 Å². The van der Waals surface area contributed by atoms with E-state index in [9.17, 15) is 9.59 Å². The fourth-order valence-electron chi connectivity index (χ4n) is 1.49. The van der Waals surface area contributed by atoms with Gasteiger partial charge in [-0.05, 0) is 25.0 Å². The van der Waals surface area contributed by atoms with Gasteiger partial charge in [-0.1, -0.05) is 0 Å². The summed E-state index contributed by atoms with van der Waals surface area (Å²) in [5.41, 5.74) is 0.504. The number of anilines is 1. The van der Waals surface area contributed by atoms with Gasteiger partial charge in [-0.2, -0.15) is 0 Å². The van der Waals surface area contributed by atoms with Gasteiger partial charge < -0.3 is 15.3 Å². The van der Waals surface area contributed by atoms with Gasteiger partial charge in [0.05, 0.1) is 5.56 Å². The van der Waals surface area contributed by atoms with Crippen molar-refractivity contribution in [3.05, 3.63) is 23.9 Å². The van der Waals surface area contributed by atoms with Gasteiger partial charge in [0.15, 0.2) is 0 Å². The van der Waals surface area contributed by atoms with Crippen molar-refractivity contribution in [2.24, 2.45) is 0 Å². The predicted molar refractivity (Wildman–Crippen MR) is 72.4 cm³/mol. The first-order chi connectivity index (χ1) is 9.00. The SMILES string of the molecule is CN(C)c1ccc(C(=O)NCCCCC(=O)O)cn1. The molecule has 0 atom stereocenters. The third kappa shape index (κ3) is 5.37. The van der Waals surface area contributed by atoms with Crippen LogP contribution >= 0.6 is 0 Å². The molecule has 6 heteroatoms. The van der Waals surface area contributed by atoms with Crippen LogP contribution in [0.25, 0.3) is 0 Å². The molecular formula is C13H19N3O3. The van der Waals surface area contributed by atoms with Gasteiger partial charge >= 0.3 is 5.97 Å². The second-order valence-electron chi connectivity index (χ2n) is 4.41. The molecule has 1 aromatic rings. The normalized spacial score (nSPS) is 10.0. The second-order valence-corrected chi connectivity index (χ2v) is 4.41. The molecule has 0 saturated heterocycles. The van der Waals surface area contributed by atoms with Crippen LogP contribution in [-0.4, -0.2) is 42.6 Å². The highest BCUT2D eigenvalue weighted by Crippen LogP contribution is 2.07. The maximum Gasteiger partial charge on any atom is 0.303 e. The quantitative estimate of drug-likeness (QED) is 0.722. The molecule has 0 unspecified atom stereocenters. The molecule has 0 aliphatic heterocycles. The van der Waals surface area contributed by atoms with E-state index in [0.29, 0.717) is 24.9 Å². The summed E-state index contributed by atoms with van der Waals surface area (Å²) in [4.78, 5) is 28.1. The minimum Gasteiger partial charge on any atom is -0.481 e. The van der Waals surface area contributed by atoms with E-state index in [1.54, 1.807) is 12.1 Å². The minimum atomic E-state index is -0.810. The van der Waals surface area contributed by atoms with Crippen molar-refractivity contribution >= 4 is 17.7 Å². The van der Waals surface area contributed by atoms with Crippen molar-refractivity contribution in [3.63, 3.8) is 0 Å². The largest absolute Gasteiger partial charge is 0.481 e. The topological polar surface area (TPSA) is 82.5 Å². The van der Waals surface area contributed by atoms with Crippen molar-refractivity contribution in [1.29, 1.82) is 0 Å². The van der Waals surface area contributed by atoms with Crippen LogP contribution < -0.4 is 10.2 Å². The first-order valence-corrected chi connectivity index (χ1v) is 6.14. The van der Waals surface area contributed by atoms with Crippen LogP contribution in [0.1, 0.15) is 29.6 Å². The van der Waals surface area contributed by atoms with E-state index >= 15 is 0 Å². The number of carbonyl (C=O) groups is 2. The Morgan fingerprint density at radius 2 is 2.05 bits per heavy atom. The van der Waals surface area contributed by atoms with Gasteiger partial charge in [-0.3, -0.25) is 9.59 Å². The third-order valence-electron chi connectivity index (χ3n) is 2.57. The summed E-state index contributed by atoms with van der Waals surface area (Å²) in [5, 5.41) is 11.2. The van der Waals surface area contributed by atoms with Crippen molar-refractivity contribution in [2.45, 2.75) is 19.3 Å². The van der Waals surface area contributed by atoms with E-state index in [1.165, 1.54) is 6.20 Å². The predicted octanol–water partition coefficient (Wildman–Crippen LogP) is 1.13. The summed E-state index contributed by atoms with van der Waals surface area (Å²) < 4.78 is 0. The number of carboxylic acid groups (broad SMARTS) is 1. The Balaban J connectivity index is 2.35. The summed E-state index contributed by atoms with van der Waals surface area (Å²) >= 11 is 0. The monoisotopic (exact) mass is 265 g/mol. The van der Waals surface area contributed by atoms with Crippen LogP contribution in [0.2, 0.25) is 0 Å². The maximum absolute atomic E-state index is 11.7. The average molecular weight is 265 g/mol. The molecule has 1 aromatic heterocycles. The standard InChI is InChI=1S/C13H19N3O3/c1-16(2)11-7-6-10(9-15-11)13(19)14-8-4-3-5-12(17)18/h6-7,9H,3-5,8H2,1-2H3,(H,14,19)(H,17,18). The minimum absolute atomic E-state index is 0.134. The summed E-state index contributed by atoms with van der Waals surface area (Å²) in [5.74, 6) is -0.207. The zero-order valence-corrected chi connectivity index (χ0v) is 11.2. The number of aromatic nitrogens is 1. The van der Waals surface area contributed by atoms with Crippen molar-refractivity contribution in [3.8, 4) is 0 Å². The van der Waals surface area contributed by atoms with Crippen LogP contribution in [0.5, 0.6) is 0 Å². The Labute approximate surface area is 112 Å². The second kappa shape index (κ2) is 7.35. The van der Waals surface area contributed by atoms with Gasteiger partial charge in [0.2, 0.25) is 0 Å². The molecule has 0 fully saturated rings. The number of carboxylic acids is 1.